The van der Waals surface area contributed by atoms with Crippen molar-refractivity contribution < 1.29 is 9.53 Å². The number of hydrogen-bond donors (Lipinski definition) is 1. The molecular weight excluding hydrogens is 248 g/mol. The van der Waals surface area contributed by atoms with Crippen LogP contribution < -0.4 is 5.73 Å². The van der Waals surface area contributed by atoms with Gasteiger partial charge in [-0.25, -0.2) is 0 Å². The van der Waals surface area contributed by atoms with Crippen molar-refractivity contribution in [1.82, 2.24) is 4.90 Å². The smallest absolute Gasteiger partial charge is 0.224 e. The number of nitrogens with zero attached hydrogens (tertiary/aromatic N) is 1. The van der Waals surface area contributed by atoms with Crippen LogP contribution in [-0.4, -0.2) is 42.6 Å². The minimum Gasteiger partial charge on any atom is -0.393 e. The van der Waals surface area contributed by atoms with Gasteiger partial charge in [0, 0.05) is 26.6 Å². The van der Waals surface area contributed by atoms with Crippen LogP contribution in [0.3, 0.4) is 0 Å². The second-order valence-corrected chi connectivity index (χ2v) is 4.98. The highest BCUT2D eigenvalue weighted by Crippen LogP contribution is 2.00. The van der Waals surface area contributed by atoms with E-state index in [1.54, 1.807) is 11.9 Å². The normalized spacial score (nSPS) is 10.3. The molecule has 0 spiro atoms. The van der Waals surface area contributed by atoms with Gasteiger partial charge in [0.05, 0.1) is 18.0 Å². The molecule has 0 saturated carbocycles. The number of ether oxygens (including phenoxy) is 1. The van der Waals surface area contributed by atoms with Crippen LogP contribution >= 0.6 is 12.2 Å². The van der Waals surface area contributed by atoms with Gasteiger partial charge in [-0.1, -0.05) is 38.4 Å². The maximum absolute atomic E-state index is 11.7. The SMILES string of the molecule is CCCCCCOCCC(=O)N(C)CCC(N)=S. The van der Waals surface area contributed by atoms with E-state index in [4.69, 9.17) is 22.7 Å². The predicted octanol–water partition coefficient (Wildman–Crippen LogP) is 2.11. The molecular formula is C13H26N2O2S. The summed E-state index contributed by atoms with van der Waals surface area (Å²) in [5.74, 6) is 0.0832. The Bertz CT molecular complexity index is 247. The molecule has 18 heavy (non-hydrogen) atoms. The zero-order valence-electron chi connectivity index (χ0n) is 11.6. The van der Waals surface area contributed by atoms with Gasteiger partial charge in [0.2, 0.25) is 5.91 Å². The van der Waals surface area contributed by atoms with Crippen LogP contribution in [0.1, 0.15) is 45.4 Å². The van der Waals surface area contributed by atoms with E-state index in [2.05, 4.69) is 6.92 Å². The topological polar surface area (TPSA) is 55.6 Å². The van der Waals surface area contributed by atoms with Gasteiger partial charge >= 0.3 is 0 Å². The van der Waals surface area contributed by atoms with Crippen molar-refractivity contribution >= 4 is 23.1 Å². The lowest BCUT2D eigenvalue weighted by Crippen LogP contribution is -2.30. The first-order valence-corrected chi connectivity index (χ1v) is 7.08. The van der Waals surface area contributed by atoms with Crippen molar-refractivity contribution in [3.05, 3.63) is 0 Å². The van der Waals surface area contributed by atoms with E-state index >= 15 is 0 Å². The molecule has 0 aromatic carbocycles. The van der Waals surface area contributed by atoms with Gasteiger partial charge in [-0.2, -0.15) is 0 Å². The van der Waals surface area contributed by atoms with Crippen molar-refractivity contribution in [1.29, 1.82) is 0 Å². The minimum atomic E-state index is 0.0832. The molecule has 0 saturated heterocycles. The molecule has 0 atom stereocenters. The second-order valence-electron chi connectivity index (χ2n) is 4.45. The summed E-state index contributed by atoms with van der Waals surface area (Å²) in [6.07, 6.45) is 5.78. The molecule has 0 aliphatic rings. The highest BCUT2D eigenvalue weighted by atomic mass is 32.1. The van der Waals surface area contributed by atoms with Gasteiger partial charge in [0.1, 0.15) is 0 Å². The number of hydrogen-bond acceptors (Lipinski definition) is 3. The van der Waals surface area contributed by atoms with Crippen LogP contribution in [0.25, 0.3) is 0 Å². The Morgan fingerprint density at radius 1 is 1.22 bits per heavy atom. The summed E-state index contributed by atoms with van der Waals surface area (Å²) in [5, 5.41) is 0. The Hall–Kier alpha value is -0.680. The van der Waals surface area contributed by atoms with E-state index in [0.29, 0.717) is 31.0 Å². The molecule has 0 rings (SSSR count). The molecule has 0 heterocycles. The number of thiocarbonyl (C=S) groups is 1. The van der Waals surface area contributed by atoms with E-state index in [1.165, 1.54) is 19.3 Å². The molecule has 0 fully saturated rings. The summed E-state index contributed by atoms with van der Waals surface area (Å²) in [6, 6.07) is 0. The third-order valence-corrected chi connectivity index (χ3v) is 2.93. The van der Waals surface area contributed by atoms with Crippen molar-refractivity contribution in [3.8, 4) is 0 Å². The summed E-state index contributed by atoms with van der Waals surface area (Å²) in [6.45, 7) is 4.03. The van der Waals surface area contributed by atoms with Crippen molar-refractivity contribution in [3.63, 3.8) is 0 Å². The molecule has 0 radical (unpaired) electrons. The molecule has 1 amide bonds. The summed E-state index contributed by atoms with van der Waals surface area (Å²) in [4.78, 5) is 13.8. The van der Waals surface area contributed by atoms with Crippen molar-refractivity contribution in [2.75, 3.05) is 26.8 Å². The Balaban J connectivity index is 3.43. The van der Waals surface area contributed by atoms with Gasteiger partial charge in [-0.3, -0.25) is 4.79 Å². The van der Waals surface area contributed by atoms with Gasteiger partial charge in [-0.05, 0) is 6.42 Å². The van der Waals surface area contributed by atoms with E-state index < -0.39 is 0 Å². The summed E-state index contributed by atoms with van der Waals surface area (Å²) in [5.41, 5.74) is 5.39. The molecule has 106 valence electrons. The first-order chi connectivity index (χ1) is 8.57. The number of unbranched alkanes of at least 4 members (excludes halogenated alkanes) is 3. The van der Waals surface area contributed by atoms with Gasteiger partial charge in [0.25, 0.3) is 0 Å². The quantitative estimate of drug-likeness (QED) is 0.463. The summed E-state index contributed by atoms with van der Waals surface area (Å²) >= 11 is 4.77. The lowest BCUT2D eigenvalue weighted by molar-refractivity contribution is -0.130. The standard InChI is InChI=1S/C13H26N2O2S/c1-3-4-5-6-10-17-11-8-13(16)15(2)9-7-12(14)18/h3-11H2,1-2H3,(H2,14,18). The zero-order valence-corrected chi connectivity index (χ0v) is 12.4. The van der Waals surface area contributed by atoms with E-state index in [-0.39, 0.29) is 5.91 Å². The average molecular weight is 274 g/mol. The first kappa shape index (κ1) is 17.3. The number of nitrogens with two attached hydrogens (primary N) is 1. The monoisotopic (exact) mass is 274 g/mol. The average Bonchev–Trinajstić information content (AvgIpc) is 2.34. The molecule has 2 N–H and O–H groups in total. The van der Waals surface area contributed by atoms with Crippen LogP contribution in [-0.2, 0) is 9.53 Å². The molecule has 0 unspecified atom stereocenters. The number of amides is 1. The summed E-state index contributed by atoms with van der Waals surface area (Å²) in [7, 11) is 1.77. The number of carbonyl (C=O) groups is 1. The van der Waals surface area contributed by atoms with Crippen molar-refractivity contribution in [2.24, 2.45) is 5.73 Å². The fraction of sp³-hybridized carbons (Fsp3) is 0.846. The van der Waals surface area contributed by atoms with Gasteiger partial charge < -0.3 is 15.4 Å². The van der Waals surface area contributed by atoms with Crippen LogP contribution in [0.15, 0.2) is 0 Å². The molecule has 5 heteroatoms. The Morgan fingerprint density at radius 2 is 1.94 bits per heavy atom. The number of carbonyl (C=O) groups excluding carboxylic acids is 1. The maximum Gasteiger partial charge on any atom is 0.224 e. The second kappa shape index (κ2) is 11.4. The van der Waals surface area contributed by atoms with E-state index in [1.807, 2.05) is 0 Å². The lowest BCUT2D eigenvalue weighted by atomic mass is 10.2. The predicted molar refractivity (Wildman–Crippen MR) is 78.6 cm³/mol. The number of rotatable bonds is 11. The van der Waals surface area contributed by atoms with Crippen LogP contribution in [0, 0.1) is 0 Å². The van der Waals surface area contributed by atoms with Gasteiger partial charge in [0.15, 0.2) is 0 Å². The molecule has 0 aromatic rings. The van der Waals surface area contributed by atoms with Crippen LogP contribution in [0.5, 0.6) is 0 Å². The molecule has 0 aliphatic heterocycles. The Labute approximate surface area is 116 Å². The van der Waals surface area contributed by atoms with Crippen molar-refractivity contribution in [2.45, 2.75) is 45.4 Å². The van der Waals surface area contributed by atoms with Crippen LogP contribution in [0.4, 0.5) is 0 Å². The molecule has 0 aromatic heterocycles. The fourth-order valence-electron chi connectivity index (χ4n) is 1.49. The lowest BCUT2D eigenvalue weighted by Gasteiger charge is -2.16. The maximum atomic E-state index is 11.7. The Morgan fingerprint density at radius 3 is 2.56 bits per heavy atom. The zero-order chi connectivity index (χ0) is 13.8. The third-order valence-electron chi connectivity index (χ3n) is 2.72. The highest BCUT2D eigenvalue weighted by Gasteiger charge is 2.08. The first-order valence-electron chi connectivity index (χ1n) is 6.68. The largest absolute Gasteiger partial charge is 0.393 e. The molecule has 0 aliphatic carbocycles. The van der Waals surface area contributed by atoms with Crippen LogP contribution in [0.2, 0.25) is 0 Å². The highest BCUT2D eigenvalue weighted by molar-refractivity contribution is 7.80. The van der Waals surface area contributed by atoms with E-state index in [9.17, 15) is 4.79 Å². The minimum absolute atomic E-state index is 0.0832. The fourth-order valence-corrected chi connectivity index (χ4v) is 1.58. The molecule has 0 bridgehead atoms. The van der Waals surface area contributed by atoms with Gasteiger partial charge in [-0.15, -0.1) is 0 Å². The molecule has 4 nitrogen and oxygen atoms in total. The summed E-state index contributed by atoms with van der Waals surface area (Å²) < 4.78 is 5.43. The third kappa shape index (κ3) is 10.5. The Kier molecular flexibility index (Phi) is 11.0. The van der Waals surface area contributed by atoms with E-state index in [0.717, 1.165) is 13.0 Å².